The third-order valence-corrected chi connectivity index (χ3v) is 4.13. The maximum atomic E-state index is 12.0. The number of amides is 1. The Labute approximate surface area is 138 Å². The predicted molar refractivity (Wildman–Crippen MR) is 90.5 cm³/mol. The number of carbonyl (C=O) groups is 1. The molecule has 118 valence electrons. The van der Waals surface area contributed by atoms with Gasteiger partial charge in [0.25, 0.3) is 5.89 Å². The third kappa shape index (κ3) is 4.04. The average molecular weight is 327 g/mol. The quantitative estimate of drug-likeness (QED) is 0.769. The second kappa shape index (κ2) is 6.75. The van der Waals surface area contributed by atoms with Crippen molar-refractivity contribution in [2.45, 2.75) is 26.7 Å². The van der Waals surface area contributed by atoms with Gasteiger partial charge in [-0.2, -0.15) is 0 Å². The maximum absolute atomic E-state index is 12.0. The van der Waals surface area contributed by atoms with Gasteiger partial charge in [-0.05, 0) is 48.6 Å². The Morgan fingerprint density at radius 1 is 1.22 bits per heavy atom. The smallest absolute Gasteiger partial charge is 0.257 e. The van der Waals surface area contributed by atoms with Crippen LogP contribution in [0.15, 0.2) is 40.1 Å². The molecule has 1 N–H and O–H groups in total. The minimum absolute atomic E-state index is 0.0640. The number of benzene rings is 1. The van der Waals surface area contributed by atoms with Crippen LogP contribution in [0.1, 0.15) is 23.4 Å². The lowest BCUT2D eigenvalue weighted by Crippen LogP contribution is -2.12. The zero-order valence-corrected chi connectivity index (χ0v) is 13.8. The first-order valence-corrected chi connectivity index (χ1v) is 8.22. The van der Waals surface area contributed by atoms with Crippen molar-refractivity contribution in [3.8, 4) is 10.8 Å². The van der Waals surface area contributed by atoms with E-state index in [9.17, 15) is 4.79 Å². The molecule has 0 aliphatic carbocycles. The summed E-state index contributed by atoms with van der Waals surface area (Å²) in [5.74, 6) is 0.916. The molecule has 1 aromatic carbocycles. The second-order valence-corrected chi connectivity index (χ2v) is 6.35. The molecular weight excluding hydrogens is 310 g/mol. The normalized spacial score (nSPS) is 10.7. The predicted octanol–water partition coefficient (Wildman–Crippen LogP) is 3.99. The summed E-state index contributed by atoms with van der Waals surface area (Å²) in [4.78, 5) is 13.0. The molecule has 0 fully saturated rings. The van der Waals surface area contributed by atoms with Crippen molar-refractivity contribution in [1.82, 2.24) is 10.2 Å². The van der Waals surface area contributed by atoms with E-state index in [0.717, 1.165) is 21.7 Å². The lowest BCUT2D eigenvalue weighted by Gasteiger charge is -2.06. The van der Waals surface area contributed by atoms with Crippen molar-refractivity contribution in [1.29, 1.82) is 0 Å². The molecule has 23 heavy (non-hydrogen) atoms. The van der Waals surface area contributed by atoms with Crippen LogP contribution in [0.4, 0.5) is 5.69 Å². The summed E-state index contributed by atoms with van der Waals surface area (Å²) in [6, 6.07) is 9.83. The second-order valence-electron chi connectivity index (χ2n) is 5.40. The van der Waals surface area contributed by atoms with Crippen LogP contribution in [-0.4, -0.2) is 16.1 Å². The van der Waals surface area contributed by atoms with Crippen LogP contribution in [0.2, 0.25) is 0 Å². The van der Waals surface area contributed by atoms with E-state index in [2.05, 4.69) is 21.6 Å². The number of hydrogen-bond donors (Lipinski definition) is 1. The van der Waals surface area contributed by atoms with E-state index in [1.807, 2.05) is 43.5 Å². The molecule has 5 nitrogen and oxygen atoms in total. The molecule has 0 bridgehead atoms. The Morgan fingerprint density at radius 2 is 2.00 bits per heavy atom. The number of aromatic nitrogens is 2. The van der Waals surface area contributed by atoms with Crippen molar-refractivity contribution in [2.24, 2.45) is 0 Å². The van der Waals surface area contributed by atoms with Crippen LogP contribution in [0.3, 0.4) is 0 Å². The summed E-state index contributed by atoms with van der Waals surface area (Å²) < 4.78 is 5.58. The van der Waals surface area contributed by atoms with Crippen molar-refractivity contribution in [2.75, 3.05) is 5.32 Å². The Hall–Kier alpha value is -2.47. The largest absolute Gasteiger partial charge is 0.420 e. The number of rotatable bonds is 5. The van der Waals surface area contributed by atoms with Crippen LogP contribution in [0, 0.1) is 13.8 Å². The number of aryl methyl sites for hydroxylation is 3. The van der Waals surface area contributed by atoms with Gasteiger partial charge in [0.15, 0.2) is 0 Å². The van der Waals surface area contributed by atoms with Gasteiger partial charge in [0.05, 0.1) is 4.88 Å². The molecule has 0 unspecified atom stereocenters. The fraction of sp³-hybridized carbons (Fsp3) is 0.235. The zero-order chi connectivity index (χ0) is 16.2. The molecule has 2 heterocycles. The van der Waals surface area contributed by atoms with E-state index in [1.54, 1.807) is 11.3 Å². The lowest BCUT2D eigenvalue weighted by atomic mass is 10.1. The van der Waals surface area contributed by atoms with Gasteiger partial charge in [-0.1, -0.05) is 12.1 Å². The monoisotopic (exact) mass is 327 g/mol. The highest BCUT2D eigenvalue weighted by Crippen LogP contribution is 2.23. The minimum atomic E-state index is -0.0640. The molecule has 3 aromatic rings. The summed E-state index contributed by atoms with van der Waals surface area (Å²) in [7, 11) is 0. The number of nitrogens with one attached hydrogen (secondary N) is 1. The first kappa shape index (κ1) is 15.4. The minimum Gasteiger partial charge on any atom is -0.420 e. The van der Waals surface area contributed by atoms with Gasteiger partial charge in [-0.15, -0.1) is 21.5 Å². The molecular formula is C17H17N3O2S. The molecule has 0 aliphatic heterocycles. The van der Waals surface area contributed by atoms with Gasteiger partial charge in [0.2, 0.25) is 11.8 Å². The van der Waals surface area contributed by atoms with E-state index in [-0.39, 0.29) is 5.91 Å². The summed E-state index contributed by atoms with van der Waals surface area (Å²) in [6.45, 7) is 4.01. The molecule has 0 saturated heterocycles. The van der Waals surface area contributed by atoms with Crippen molar-refractivity contribution >= 4 is 22.9 Å². The molecule has 0 radical (unpaired) electrons. The molecule has 0 spiro atoms. The third-order valence-electron chi connectivity index (χ3n) is 3.27. The van der Waals surface area contributed by atoms with E-state index in [1.165, 1.54) is 0 Å². The van der Waals surface area contributed by atoms with Crippen LogP contribution < -0.4 is 5.32 Å². The summed E-state index contributed by atoms with van der Waals surface area (Å²) in [5, 5.41) is 12.9. The molecule has 0 atom stereocenters. The number of carbonyl (C=O) groups excluding carboxylic acids is 1. The van der Waals surface area contributed by atoms with E-state index >= 15 is 0 Å². The number of thiophene rings is 1. The maximum Gasteiger partial charge on any atom is 0.257 e. The van der Waals surface area contributed by atoms with Crippen molar-refractivity contribution in [3.05, 3.63) is 52.7 Å². The van der Waals surface area contributed by atoms with E-state index in [0.29, 0.717) is 24.6 Å². The molecule has 1 amide bonds. The van der Waals surface area contributed by atoms with Crippen LogP contribution >= 0.6 is 11.3 Å². The Kier molecular flexibility index (Phi) is 4.52. The Morgan fingerprint density at radius 3 is 2.70 bits per heavy atom. The topological polar surface area (TPSA) is 68.0 Å². The van der Waals surface area contributed by atoms with Gasteiger partial charge in [0.1, 0.15) is 0 Å². The highest BCUT2D eigenvalue weighted by molar-refractivity contribution is 7.13. The van der Waals surface area contributed by atoms with Gasteiger partial charge >= 0.3 is 0 Å². The summed E-state index contributed by atoms with van der Waals surface area (Å²) in [6.07, 6.45) is 0.730. The van der Waals surface area contributed by atoms with Gasteiger partial charge in [-0.25, -0.2) is 0 Å². The fourth-order valence-electron chi connectivity index (χ4n) is 2.35. The molecule has 0 saturated carbocycles. The van der Waals surface area contributed by atoms with Crippen LogP contribution in [0.25, 0.3) is 10.8 Å². The first-order valence-electron chi connectivity index (χ1n) is 7.34. The lowest BCUT2D eigenvalue weighted by molar-refractivity contribution is -0.116. The van der Waals surface area contributed by atoms with Crippen molar-refractivity contribution < 1.29 is 9.21 Å². The van der Waals surface area contributed by atoms with E-state index in [4.69, 9.17) is 4.42 Å². The van der Waals surface area contributed by atoms with Gasteiger partial charge in [-0.3, -0.25) is 4.79 Å². The first-order chi connectivity index (χ1) is 11.1. The summed E-state index contributed by atoms with van der Waals surface area (Å²) in [5.41, 5.74) is 3.06. The van der Waals surface area contributed by atoms with Gasteiger partial charge < -0.3 is 9.73 Å². The molecule has 6 heteroatoms. The molecule has 0 aliphatic rings. The molecule has 3 rings (SSSR count). The fourth-order valence-corrected chi connectivity index (χ4v) is 2.99. The van der Waals surface area contributed by atoms with Gasteiger partial charge in [0, 0.05) is 18.5 Å². The van der Waals surface area contributed by atoms with Crippen molar-refractivity contribution in [3.63, 3.8) is 0 Å². The number of anilines is 1. The number of nitrogens with zero attached hydrogens (tertiary/aromatic N) is 2. The highest BCUT2D eigenvalue weighted by Gasteiger charge is 2.11. The highest BCUT2D eigenvalue weighted by atomic mass is 32.1. The Bertz CT molecular complexity index is 789. The average Bonchev–Trinajstić information content (AvgIpc) is 3.15. The SMILES string of the molecule is Cc1cc(C)cc(NC(=O)CCc2nnc(-c3cccs3)o2)c1. The summed E-state index contributed by atoms with van der Waals surface area (Å²) >= 11 is 1.54. The standard InChI is InChI=1S/C17H17N3O2S/c1-11-8-12(2)10-13(9-11)18-15(21)5-6-16-19-20-17(22-16)14-4-3-7-23-14/h3-4,7-10H,5-6H2,1-2H3,(H,18,21). The van der Waals surface area contributed by atoms with Crippen LogP contribution in [0.5, 0.6) is 0 Å². The van der Waals surface area contributed by atoms with Crippen LogP contribution in [-0.2, 0) is 11.2 Å². The number of hydrogen-bond acceptors (Lipinski definition) is 5. The zero-order valence-electron chi connectivity index (χ0n) is 13.0. The Balaban J connectivity index is 1.57. The molecule has 2 aromatic heterocycles. The van der Waals surface area contributed by atoms with E-state index < -0.39 is 0 Å².